The molecule has 8 heteroatoms. The maximum absolute atomic E-state index is 11.8. The van der Waals surface area contributed by atoms with Gasteiger partial charge in [0.05, 0.1) is 0 Å². The molecule has 2 aromatic rings. The van der Waals surface area contributed by atoms with Crippen molar-refractivity contribution in [1.82, 2.24) is 25.1 Å². The Morgan fingerprint density at radius 3 is 3.00 bits per heavy atom. The third kappa shape index (κ3) is 2.30. The summed E-state index contributed by atoms with van der Waals surface area (Å²) in [7, 11) is 0. The van der Waals surface area contributed by atoms with E-state index >= 15 is 0 Å². The second-order valence-electron chi connectivity index (χ2n) is 3.98. The smallest absolute Gasteiger partial charge is 0.296 e. The first-order valence-electron chi connectivity index (χ1n) is 5.44. The molecule has 0 saturated heterocycles. The standard InChI is InChI=1S/C10H9ClN6O/c11-10-12-4-3-6(14-10)13-9(18)8-15-7(16-17-8)5-1-2-5/h3-5H,1-2H2,(H,15,16,17)(H,12,13,14,18). The van der Waals surface area contributed by atoms with E-state index in [1.54, 1.807) is 0 Å². The largest absolute Gasteiger partial charge is 0.304 e. The fourth-order valence-electron chi connectivity index (χ4n) is 1.49. The molecule has 0 aromatic carbocycles. The number of carbonyl (C=O) groups is 1. The predicted molar refractivity (Wildman–Crippen MR) is 63.4 cm³/mol. The SMILES string of the molecule is O=C(Nc1ccnc(Cl)n1)c1n[nH]c(C2CC2)n1. The maximum Gasteiger partial charge on any atom is 0.296 e. The number of halogens is 1. The van der Waals surface area contributed by atoms with Crippen molar-refractivity contribution in [2.24, 2.45) is 0 Å². The third-order valence-corrected chi connectivity index (χ3v) is 2.72. The summed E-state index contributed by atoms with van der Waals surface area (Å²) in [5.41, 5.74) is 0. The Bertz CT molecular complexity index is 594. The van der Waals surface area contributed by atoms with Crippen LogP contribution in [0.5, 0.6) is 0 Å². The summed E-state index contributed by atoms with van der Waals surface area (Å²) in [6.45, 7) is 0. The first kappa shape index (κ1) is 11.1. The van der Waals surface area contributed by atoms with E-state index in [0.717, 1.165) is 18.7 Å². The minimum absolute atomic E-state index is 0.0708. The van der Waals surface area contributed by atoms with Crippen molar-refractivity contribution in [2.45, 2.75) is 18.8 Å². The van der Waals surface area contributed by atoms with E-state index in [2.05, 4.69) is 30.5 Å². The van der Waals surface area contributed by atoms with Gasteiger partial charge in [0, 0.05) is 12.1 Å². The van der Waals surface area contributed by atoms with Crippen molar-refractivity contribution in [2.75, 3.05) is 5.32 Å². The second kappa shape index (κ2) is 4.34. The van der Waals surface area contributed by atoms with Crippen molar-refractivity contribution in [3.05, 3.63) is 29.2 Å². The Kier molecular flexibility index (Phi) is 2.67. The zero-order valence-corrected chi connectivity index (χ0v) is 9.98. The van der Waals surface area contributed by atoms with Crippen LogP contribution in [-0.2, 0) is 0 Å². The van der Waals surface area contributed by atoms with Crippen molar-refractivity contribution in [1.29, 1.82) is 0 Å². The van der Waals surface area contributed by atoms with Crippen LogP contribution in [0.15, 0.2) is 12.3 Å². The summed E-state index contributed by atoms with van der Waals surface area (Å²) >= 11 is 5.62. The Morgan fingerprint density at radius 1 is 1.44 bits per heavy atom. The van der Waals surface area contributed by atoms with E-state index in [4.69, 9.17) is 11.6 Å². The Morgan fingerprint density at radius 2 is 2.28 bits per heavy atom. The fourth-order valence-corrected chi connectivity index (χ4v) is 1.64. The average Bonchev–Trinajstić information content (AvgIpc) is 3.07. The number of nitrogens with zero attached hydrogens (tertiary/aromatic N) is 4. The van der Waals surface area contributed by atoms with Gasteiger partial charge in [-0.15, -0.1) is 5.10 Å². The number of amides is 1. The van der Waals surface area contributed by atoms with Crippen LogP contribution < -0.4 is 5.32 Å². The highest BCUT2D eigenvalue weighted by molar-refractivity contribution is 6.28. The molecule has 1 aliphatic rings. The van der Waals surface area contributed by atoms with Gasteiger partial charge in [-0.3, -0.25) is 9.89 Å². The lowest BCUT2D eigenvalue weighted by Gasteiger charge is -2.00. The van der Waals surface area contributed by atoms with Crippen LogP contribution in [-0.4, -0.2) is 31.1 Å². The zero-order valence-electron chi connectivity index (χ0n) is 9.22. The molecule has 1 saturated carbocycles. The monoisotopic (exact) mass is 264 g/mol. The van der Waals surface area contributed by atoms with Crippen LogP contribution in [0.4, 0.5) is 5.82 Å². The molecule has 1 amide bonds. The van der Waals surface area contributed by atoms with Gasteiger partial charge < -0.3 is 5.32 Å². The molecule has 2 N–H and O–H groups in total. The van der Waals surface area contributed by atoms with Crippen LogP contribution >= 0.6 is 11.6 Å². The van der Waals surface area contributed by atoms with Crippen molar-refractivity contribution < 1.29 is 4.79 Å². The predicted octanol–water partition coefficient (Wildman–Crippen LogP) is 1.38. The number of anilines is 1. The summed E-state index contributed by atoms with van der Waals surface area (Å²) < 4.78 is 0. The molecule has 0 radical (unpaired) electrons. The topological polar surface area (TPSA) is 96.5 Å². The van der Waals surface area contributed by atoms with Gasteiger partial charge in [0.15, 0.2) is 0 Å². The molecular formula is C10H9ClN6O. The lowest BCUT2D eigenvalue weighted by atomic mass is 10.4. The molecule has 0 unspecified atom stereocenters. The highest BCUT2D eigenvalue weighted by atomic mass is 35.5. The summed E-state index contributed by atoms with van der Waals surface area (Å²) in [5, 5.41) is 9.26. The van der Waals surface area contributed by atoms with Gasteiger partial charge in [0.1, 0.15) is 11.6 Å². The number of hydrogen-bond donors (Lipinski definition) is 2. The van der Waals surface area contributed by atoms with Gasteiger partial charge >= 0.3 is 0 Å². The molecule has 2 aromatic heterocycles. The number of carbonyl (C=O) groups excluding carboxylic acids is 1. The van der Waals surface area contributed by atoms with Gasteiger partial charge in [0.25, 0.3) is 5.91 Å². The Labute approximate surface area is 107 Å². The van der Waals surface area contributed by atoms with Crippen LogP contribution in [0.1, 0.15) is 35.2 Å². The lowest BCUT2D eigenvalue weighted by molar-refractivity contribution is 0.101. The van der Waals surface area contributed by atoms with E-state index in [1.165, 1.54) is 12.3 Å². The number of aromatic amines is 1. The molecule has 7 nitrogen and oxygen atoms in total. The van der Waals surface area contributed by atoms with E-state index in [0.29, 0.717) is 11.7 Å². The van der Waals surface area contributed by atoms with Crippen molar-refractivity contribution >= 4 is 23.3 Å². The number of aromatic nitrogens is 5. The molecule has 0 spiro atoms. The van der Waals surface area contributed by atoms with Crippen LogP contribution in [0.2, 0.25) is 5.28 Å². The molecule has 0 aliphatic heterocycles. The Balaban J connectivity index is 1.73. The molecule has 18 heavy (non-hydrogen) atoms. The first-order chi connectivity index (χ1) is 8.72. The van der Waals surface area contributed by atoms with Crippen molar-refractivity contribution in [3.63, 3.8) is 0 Å². The molecule has 0 atom stereocenters. The van der Waals surface area contributed by atoms with E-state index < -0.39 is 5.91 Å². The Hall–Kier alpha value is -2.02. The molecule has 0 bridgehead atoms. The quantitative estimate of drug-likeness (QED) is 0.817. The highest BCUT2D eigenvalue weighted by Gasteiger charge is 2.28. The van der Waals surface area contributed by atoms with Gasteiger partial charge in [-0.2, -0.15) is 0 Å². The molecule has 92 valence electrons. The van der Waals surface area contributed by atoms with E-state index in [1.807, 2.05) is 0 Å². The fraction of sp³-hybridized carbons (Fsp3) is 0.300. The van der Waals surface area contributed by atoms with Gasteiger partial charge in [-0.1, -0.05) is 0 Å². The van der Waals surface area contributed by atoms with Crippen molar-refractivity contribution in [3.8, 4) is 0 Å². The normalized spacial score (nSPS) is 14.5. The lowest BCUT2D eigenvalue weighted by Crippen LogP contribution is -2.15. The van der Waals surface area contributed by atoms with Gasteiger partial charge in [0.2, 0.25) is 11.1 Å². The summed E-state index contributed by atoms with van der Waals surface area (Å²) in [4.78, 5) is 23.5. The van der Waals surface area contributed by atoms with E-state index in [9.17, 15) is 4.79 Å². The highest BCUT2D eigenvalue weighted by Crippen LogP contribution is 2.37. The van der Waals surface area contributed by atoms with Crippen LogP contribution in [0, 0.1) is 0 Å². The number of nitrogens with one attached hydrogen (secondary N) is 2. The minimum Gasteiger partial charge on any atom is -0.304 e. The van der Waals surface area contributed by atoms with Gasteiger partial charge in [-0.05, 0) is 30.5 Å². The number of hydrogen-bond acceptors (Lipinski definition) is 5. The maximum atomic E-state index is 11.8. The van der Waals surface area contributed by atoms with Crippen LogP contribution in [0.25, 0.3) is 0 Å². The first-order valence-corrected chi connectivity index (χ1v) is 5.82. The molecular weight excluding hydrogens is 256 g/mol. The minimum atomic E-state index is -0.423. The second-order valence-corrected chi connectivity index (χ2v) is 4.32. The van der Waals surface area contributed by atoms with Crippen LogP contribution in [0.3, 0.4) is 0 Å². The summed E-state index contributed by atoms with van der Waals surface area (Å²) in [6.07, 6.45) is 3.65. The molecule has 1 fully saturated rings. The average molecular weight is 265 g/mol. The third-order valence-electron chi connectivity index (χ3n) is 2.54. The summed E-state index contributed by atoms with van der Waals surface area (Å²) in [5.74, 6) is 1.19. The summed E-state index contributed by atoms with van der Waals surface area (Å²) in [6, 6.07) is 1.54. The molecule has 1 aliphatic carbocycles. The number of H-pyrrole nitrogens is 1. The molecule has 3 rings (SSSR count). The molecule has 2 heterocycles. The number of rotatable bonds is 3. The van der Waals surface area contributed by atoms with Gasteiger partial charge in [-0.25, -0.2) is 15.0 Å². The van der Waals surface area contributed by atoms with E-state index in [-0.39, 0.29) is 11.1 Å². The zero-order chi connectivity index (χ0) is 12.5.